The van der Waals surface area contributed by atoms with Gasteiger partial charge in [0.1, 0.15) is 17.3 Å². The Morgan fingerprint density at radius 2 is 1.89 bits per heavy atom. The topological polar surface area (TPSA) is 129 Å². The van der Waals surface area contributed by atoms with Crippen molar-refractivity contribution in [3.05, 3.63) is 142 Å². The van der Waals surface area contributed by atoms with Crippen molar-refractivity contribution in [3.8, 4) is 17.1 Å². The number of amides is 1. The fourth-order valence-electron chi connectivity index (χ4n) is 5.08. The summed E-state index contributed by atoms with van der Waals surface area (Å²) >= 11 is 7.47. The lowest BCUT2D eigenvalue weighted by Crippen LogP contribution is -2.40. The van der Waals surface area contributed by atoms with Gasteiger partial charge in [-0.2, -0.15) is 0 Å². The van der Waals surface area contributed by atoms with Crippen molar-refractivity contribution < 1.29 is 18.9 Å². The summed E-state index contributed by atoms with van der Waals surface area (Å²) in [6.07, 6.45) is 1.60. The zero-order valence-electron chi connectivity index (χ0n) is 24.0. The number of non-ortho nitro benzene ring substituents is 1. The Morgan fingerprint density at radius 3 is 2.58 bits per heavy atom. The molecule has 226 valence electrons. The number of nitrogens with one attached hydrogen (secondary N) is 1. The summed E-state index contributed by atoms with van der Waals surface area (Å²) in [6, 6.07) is 23.1. The van der Waals surface area contributed by atoms with Crippen LogP contribution in [0.2, 0.25) is 5.02 Å². The molecule has 1 amide bonds. The first kappa shape index (κ1) is 29.8. The number of carbonyl (C=O) groups excluding carboxylic acids is 1. The SMILES string of the molecule is CCOc1ccc([C@@H]2C(C(=O)Nc3ccccc3)=C(C)N=c3s/c(=C\c4ccc(-c5ccc([N+](=O)[O-])cc5Cl)o4)c(=O)n32)cc1. The van der Waals surface area contributed by atoms with E-state index in [1.807, 2.05) is 49.4 Å². The first-order chi connectivity index (χ1) is 21.7. The maximum Gasteiger partial charge on any atom is 0.271 e. The van der Waals surface area contributed by atoms with Crippen LogP contribution in [-0.4, -0.2) is 22.0 Å². The van der Waals surface area contributed by atoms with E-state index in [0.29, 0.717) is 61.3 Å². The van der Waals surface area contributed by atoms with Crippen molar-refractivity contribution in [1.29, 1.82) is 0 Å². The number of anilines is 1. The predicted octanol–water partition coefficient (Wildman–Crippen LogP) is 6.09. The Balaban J connectivity index is 1.42. The van der Waals surface area contributed by atoms with E-state index in [-0.39, 0.29) is 22.2 Å². The third-order valence-electron chi connectivity index (χ3n) is 7.13. The minimum absolute atomic E-state index is 0.133. The number of nitro groups is 1. The number of benzene rings is 3. The molecule has 2 aromatic heterocycles. The summed E-state index contributed by atoms with van der Waals surface area (Å²) in [4.78, 5) is 43.4. The van der Waals surface area contributed by atoms with Crippen molar-refractivity contribution in [3.63, 3.8) is 0 Å². The van der Waals surface area contributed by atoms with E-state index < -0.39 is 11.0 Å². The fourth-order valence-corrected chi connectivity index (χ4v) is 6.38. The fraction of sp³-hybridized carbons (Fsp3) is 0.121. The van der Waals surface area contributed by atoms with E-state index in [2.05, 4.69) is 10.3 Å². The van der Waals surface area contributed by atoms with Crippen LogP contribution in [0.1, 0.15) is 31.2 Å². The Kier molecular flexibility index (Phi) is 8.20. The number of halogens is 1. The van der Waals surface area contributed by atoms with E-state index in [0.717, 1.165) is 0 Å². The van der Waals surface area contributed by atoms with E-state index in [1.165, 1.54) is 34.1 Å². The molecule has 0 radical (unpaired) electrons. The molecule has 10 nitrogen and oxygen atoms in total. The number of aromatic nitrogens is 1. The van der Waals surface area contributed by atoms with Gasteiger partial charge in [-0.15, -0.1) is 0 Å². The molecular weight excluding hydrogens is 616 g/mol. The average Bonchev–Trinajstić information content (AvgIpc) is 3.61. The lowest BCUT2D eigenvalue weighted by atomic mass is 9.95. The molecule has 1 aliphatic rings. The van der Waals surface area contributed by atoms with Crippen LogP contribution in [0.5, 0.6) is 5.75 Å². The summed E-state index contributed by atoms with van der Waals surface area (Å²) in [7, 11) is 0. The van der Waals surface area contributed by atoms with E-state index in [4.69, 9.17) is 20.8 Å². The molecule has 5 aromatic rings. The minimum atomic E-state index is -0.756. The van der Waals surface area contributed by atoms with E-state index >= 15 is 0 Å². The van der Waals surface area contributed by atoms with Gasteiger partial charge >= 0.3 is 0 Å². The summed E-state index contributed by atoms with van der Waals surface area (Å²) in [5, 5.41) is 14.2. The number of ether oxygens (including phenoxy) is 1. The lowest BCUT2D eigenvalue weighted by molar-refractivity contribution is -0.384. The largest absolute Gasteiger partial charge is 0.494 e. The molecule has 45 heavy (non-hydrogen) atoms. The van der Waals surface area contributed by atoms with Crippen LogP contribution in [0.4, 0.5) is 11.4 Å². The number of hydrogen-bond donors (Lipinski definition) is 1. The molecular formula is C33H25ClN4O6S. The lowest BCUT2D eigenvalue weighted by Gasteiger charge is -2.25. The van der Waals surface area contributed by atoms with Crippen LogP contribution in [0.25, 0.3) is 17.4 Å². The van der Waals surface area contributed by atoms with Crippen LogP contribution >= 0.6 is 22.9 Å². The number of hydrogen-bond acceptors (Lipinski definition) is 8. The third kappa shape index (κ3) is 5.95. The molecule has 0 fully saturated rings. The molecule has 3 aromatic carbocycles. The van der Waals surface area contributed by atoms with Crippen molar-refractivity contribution in [1.82, 2.24) is 4.57 Å². The van der Waals surface area contributed by atoms with Gasteiger partial charge in [0.15, 0.2) is 4.80 Å². The number of allylic oxidation sites excluding steroid dienone is 1. The van der Waals surface area contributed by atoms with Crippen molar-refractivity contribution in [2.45, 2.75) is 19.9 Å². The predicted molar refractivity (Wildman–Crippen MR) is 172 cm³/mol. The summed E-state index contributed by atoms with van der Waals surface area (Å²) in [5.41, 5.74) is 2.16. The van der Waals surface area contributed by atoms with Crippen LogP contribution in [-0.2, 0) is 4.79 Å². The second-order valence-electron chi connectivity index (χ2n) is 10.0. The molecule has 1 N–H and O–H groups in total. The van der Waals surface area contributed by atoms with Gasteiger partial charge in [0, 0.05) is 29.5 Å². The number of thiazole rings is 1. The second kappa shape index (κ2) is 12.4. The highest BCUT2D eigenvalue weighted by Gasteiger charge is 2.32. The molecule has 0 unspecified atom stereocenters. The Morgan fingerprint density at radius 1 is 1.13 bits per heavy atom. The van der Waals surface area contributed by atoms with Gasteiger partial charge in [-0.05, 0) is 61.9 Å². The smallest absolute Gasteiger partial charge is 0.271 e. The molecule has 1 aliphatic heterocycles. The second-order valence-corrected chi connectivity index (χ2v) is 11.4. The molecule has 0 bridgehead atoms. The molecule has 0 saturated heterocycles. The summed E-state index contributed by atoms with van der Waals surface area (Å²) < 4.78 is 13.4. The van der Waals surface area contributed by atoms with Crippen molar-refractivity contribution >= 4 is 46.3 Å². The third-order valence-corrected chi connectivity index (χ3v) is 8.43. The molecule has 12 heteroatoms. The van der Waals surface area contributed by atoms with Crippen LogP contribution in [0.3, 0.4) is 0 Å². The van der Waals surface area contributed by atoms with Crippen LogP contribution < -0.4 is 24.9 Å². The molecule has 0 aliphatic carbocycles. The van der Waals surface area contributed by atoms with Crippen molar-refractivity contribution in [2.75, 3.05) is 11.9 Å². The number of furan rings is 1. The molecule has 1 atom stereocenters. The zero-order valence-corrected chi connectivity index (χ0v) is 25.6. The minimum Gasteiger partial charge on any atom is -0.494 e. The number of nitro benzene ring substituents is 1. The average molecular weight is 641 g/mol. The van der Waals surface area contributed by atoms with Crippen LogP contribution in [0, 0.1) is 10.1 Å². The highest BCUT2D eigenvalue weighted by molar-refractivity contribution is 7.07. The van der Waals surface area contributed by atoms with Gasteiger partial charge in [-0.25, -0.2) is 4.99 Å². The molecule has 0 saturated carbocycles. The Labute approximate surface area is 265 Å². The Bertz CT molecular complexity index is 2150. The number of rotatable bonds is 8. The molecule has 6 rings (SSSR count). The number of para-hydroxylation sites is 1. The van der Waals surface area contributed by atoms with E-state index in [1.54, 1.807) is 37.3 Å². The van der Waals surface area contributed by atoms with Gasteiger partial charge < -0.3 is 14.5 Å². The van der Waals surface area contributed by atoms with Gasteiger partial charge in [-0.3, -0.25) is 24.3 Å². The van der Waals surface area contributed by atoms with Crippen molar-refractivity contribution in [2.24, 2.45) is 4.99 Å². The monoisotopic (exact) mass is 640 g/mol. The van der Waals surface area contributed by atoms with E-state index in [9.17, 15) is 19.7 Å². The number of carbonyl (C=O) groups is 1. The standard InChI is InChI=1S/C33H25ClN4O6S/c1-3-43-23-12-9-20(10-13-23)30-29(31(39)36-21-7-5-4-6-8-21)19(2)35-33-37(30)32(40)28(45-33)18-24-14-16-27(44-24)25-15-11-22(38(41)42)17-26(25)34/h4-18,30H,3H2,1-2H3,(H,36,39)/b28-18-/t30-/m1/s1. The van der Waals surface area contributed by atoms with Crippen LogP contribution in [0.15, 0.2) is 110 Å². The highest BCUT2D eigenvalue weighted by Crippen LogP contribution is 2.33. The molecule has 3 heterocycles. The number of fused-ring (bicyclic) bond motifs is 1. The van der Waals surface area contributed by atoms with Gasteiger partial charge in [0.25, 0.3) is 17.2 Å². The zero-order chi connectivity index (χ0) is 31.7. The maximum absolute atomic E-state index is 14.0. The summed E-state index contributed by atoms with van der Waals surface area (Å²) in [6.45, 7) is 4.15. The quantitative estimate of drug-likeness (QED) is 0.161. The highest BCUT2D eigenvalue weighted by atomic mass is 35.5. The molecule has 0 spiro atoms. The van der Waals surface area contributed by atoms with Gasteiger partial charge in [0.2, 0.25) is 0 Å². The van der Waals surface area contributed by atoms with Gasteiger partial charge in [-0.1, -0.05) is 53.3 Å². The first-order valence-corrected chi connectivity index (χ1v) is 15.1. The Hall–Kier alpha value is -5.26. The number of nitrogens with zero attached hydrogens (tertiary/aromatic N) is 3. The summed E-state index contributed by atoms with van der Waals surface area (Å²) in [5.74, 6) is 1.06. The van der Waals surface area contributed by atoms with Gasteiger partial charge in [0.05, 0.1) is 38.4 Å². The maximum atomic E-state index is 14.0. The first-order valence-electron chi connectivity index (χ1n) is 13.9. The normalized spacial score (nSPS) is 14.6.